The van der Waals surface area contributed by atoms with Crippen molar-refractivity contribution in [3.8, 4) is 0 Å². The van der Waals surface area contributed by atoms with Gasteiger partial charge in [-0.05, 0) is 26.8 Å². The lowest BCUT2D eigenvalue weighted by atomic mass is 10.1. The van der Waals surface area contributed by atoms with Crippen LogP contribution >= 0.6 is 0 Å². The number of rotatable bonds is 3. The molecule has 0 bridgehead atoms. The minimum atomic E-state index is -0.131. The van der Waals surface area contributed by atoms with E-state index in [1.165, 1.54) is 0 Å². The highest BCUT2D eigenvalue weighted by Gasteiger charge is 2.26. The van der Waals surface area contributed by atoms with Crippen LogP contribution in [0.15, 0.2) is 10.5 Å². The SMILES string of the molecule is Cc1cc(C(=O)N2CCN(C(=O)CC(C)N)CC2)c(C)o1. The average Bonchev–Trinajstić information content (AvgIpc) is 2.76. The number of hydrogen-bond donors (Lipinski definition) is 1. The minimum Gasteiger partial charge on any atom is -0.466 e. The fraction of sp³-hybridized carbons (Fsp3) is 0.600. The maximum absolute atomic E-state index is 12.4. The monoisotopic (exact) mass is 293 g/mol. The fourth-order valence-electron chi connectivity index (χ4n) is 2.58. The summed E-state index contributed by atoms with van der Waals surface area (Å²) in [4.78, 5) is 27.9. The molecule has 0 aromatic carbocycles. The molecule has 0 radical (unpaired) electrons. The third-order valence-electron chi connectivity index (χ3n) is 3.69. The van der Waals surface area contributed by atoms with Gasteiger partial charge in [0, 0.05) is 38.6 Å². The molecule has 0 spiro atoms. The third-order valence-corrected chi connectivity index (χ3v) is 3.69. The number of carbonyl (C=O) groups excluding carboxylic acids is 2. The van der Waals surface area contributed by atoms with Crippen molar-refractivity contribution in [1.82, 2.24) is 9.80 Å². The van der Waals surface area contributed by atoms with Gasteiger partial charge in [-0.1, -0.05) is 0 Å². The Morgan fingerprint density at radius 1 is 1.24 bits per heavy atom. The summed E-state index contributed by atoms with van der Waals surface area (Å²) in [5, 5.41) is 0. The Morgan fingerprint density at radius 2 is 1.81 bits per heavy atom. The first-order valence-corrected chi connectivity index (χ1v) is 7.28. The molecule has 6 heteroatoms. The van der Waals surface area contributed by atoms with E-state index >= 15 is 0 Å². The molecule has 1 fully saturated rings. The average molecular weight is 293 g/mol. The first kappa shape index (κ1) is 15.6. The predicted molar refractivity (Wildman–Crippen MR) is 78.9 cm³/mol. The van der Waals surface area contributed by atoms with E-state index < -0.39 is 0 Å². The quantitative estimate of drug-likeness (QED) is 0.898. The van der Waals surface area contributed by atoms with Gasteiger partial charge in [0.05, 0.1) is 5.56 Å². The lowest BCUT2D eigenvalue weighted by Gasteiger charge is -2.35. The molecule has 2 rings (SSSR count). The van der Waals surface area contributed by atoms with Crippen LogP contribution in [0.4, 0.5) is 0 Å². The van der Waals surface area contributed by atoms with Gasteiger partial charge in [0.2, 0.25) is 5.91 Å². The van der Waals surface area contributed by atoms with Gasteiger partial charge in [0.25, 0.3) is 5.91 Å². The minimum absolute atomic E-state index is 0.0244. The fourth-order valence-corrected chi connectivity index (χ4v) is 2.58. The summed E-state index contributed by atoms with van der Waals surface area (Å²) < 4.78 is 5.40. The Labute approximate surface area is 124 Å². The van der Waals surface area contributed by atoms with E-state index in [0.29, 0.717) is 43.9 Å². The molecule has 2 amide bonds. The Morgan fingerprint density at radius 3 is 2.29 bits per heavy atom. The summed E-state index contributed by atoms with van der Waals surface area (Å²) >= 11 is 0. The zero-order valence-corrected chi connectivity index (χ0v) is 12.9. The Balaban J connectivity index is 1.93. The summed E-state index contributed by atoms with van der Waals surface area (Å²) in [5.74, 6) is 1.42. The summed E-state index contributed by atoms with van der Waals surface area (Å²) in [7, 11) is 0. The summed E-state index contributed by atoms with van der Waals surface area (Å²) in [6.45, 7) is 7.67. The van der Waals surface area contributed by atoms with Crippen LogP contribution < -0.4 is 5.73 Å². The van der Waals surface area contributed by atoms with Gasteiger partial charge in [0.15, 0.2) is 0 Å². The van der Waals surface area contributed by atoms with Gasteiger partial charge in [-0.2, -0.15) is 0 Å². The predicted octanol–water partition coefficient (Wildman–Crippen LogP) is 0.918. The number of hydrogen-bond acceptors (Lipinski definition) is 4. The molecule has 0 aliphatic carbocycles. The molecule has 1 aromatic heterocycles. The van der Waals surface area contributed by atoms with Crippen LogP contribution in [0.3, 0.4) is 0 Å². The maximum Gasteiger partial charge on any atom is 0.257 e. The molecule has 1 atom stereocenters. The van der Waals surface area contributed by atoms with Gasteiger partial charge in [-0.25, -0.2) is 0 Å². The Hall–Kier alpha value is -1.82. The molecule has 0 saturated carbocycles. The second-order valence-corrected chi connectivity index (χ2v) is 5.68. The van der Waals surface area contributed by atoms with E-state index in [-0.39, 0.29) is 17.9 Å². The van der Waals surface area contributed by atoms with E-state index in [1.807, 2.05) is 13.8 Å². The van der Waals surface area contributed by atoms with Crippen LogP contribution in [-0.4, -0.2) is 53.8 Å². The van der Waals surface area contributed by atoms with Crippen LogP contribution in [0.2, 0.25) is 0 Å². The molecule has 2 N–H and O–H groups in total. The van der Waals surface area contributed by atoms with Crippen molar-refractivity contribution in [1.29, 1.82) is 0 Å². The number of nitrogens with zero attached hydrogens (tertiary/aromatic N) is 2. The third kappa shape index (κ3) is 3.64. The molecular weight excluding hydrogens is 270 g/mol. The number of aryl methyl sites for hydroxylation is 2. The molecule has 1 saturated heterocycles. The van der Waals surface area contributed by atoms with Crippen LogP contribution in [0.5, 0.6) is 0 Å². The Kier molecular flexibility index (Phi) is 4.67. The largest absolute Gasteiger partial charge is 0.466 e. The van der Waals surface area contributed by atoms with Gasteiger partial charge < -0.3 is 20.0 Å². The van der Waals surface area contributed by atoms with Gasteiger partial charge >= 0.3 is 0 Å². The van der Waals surface area contributed by atoms with Crippen molar-refractivity contribution < 1.29 is 14.0 Å². The van der Waals surface area contributed by atoms with Gasteiger partial charge in [-0.3, -0.25) is 9.59 Å². The van der Waals surface area contributed by atoms with Crippen LogP contribution in [-0.2, 0) is 4.79 Å². The van der Waals surface area contributed by atoms with Crippen LogP contribution in [0.25, 0.3) is 0 Å². The van der Waals surface area contributed by atoms with Crippen LogP contribution in [0, 0.1) is 13.8 Å². The number of piperazine rings is 1. The van der Waals surface area contributed by atoms with Crippen molar-refractivity contribution in [2.75, 3.05) is 26.2 Å². The molecular formula is C15H23N3O3. The van der Waals surface area contributed by atoms with Crippen molar-refractivity contribution in [2.45, 2.75) is 33.2 Å². The topological polar surface area (TPSA) is 79.8 Å². The second kappa shape index (κ2) is 6.30. The lowest BCUT2D eigenvalue weighted by molar-refractivity contribution is -0.132. The Bertz CT molecular complexity index is 528. The zero-order valence-electron chi connectivity index (χ0n) is 12.9. The van der Waals surface area contributed by atoms with E-state index in [2.05, 4.69) is 0 Å². The van der Waals surface area contributed by atoms with Crippen LogP contribution in [0.1, 0.15) is 35.2 Å². The molecule has 6 nitrogen and oxygen atoms in total. The van der Waals surface area contributed by atoms with Crippen molar-refractivity contribution >= 4 is 11.8 Å². The lowest BCUT2D eigenvalue weighted by Crippen LogP contribution is -2.51. The number of carbonyl (C=O) groups is 2. The molecule has 1 aliphatic rings. The molecule has 1 unspecified atom stereocenters. The van der Waals surface area contributed by atoms with E-state index in [9.17, 15) is 9.59 Å². The van der Waals surface area contributed by atoms with Gasteiger partial charge in [0.1, 0.15) is 11.5 Å². The molecule has 1 aliphatic heterocycles. The van der Waals surface area contributed by atoms with Crippen molar-refractivity contribution in [3.05, 3.63) is 23.2 Å². The smallest absolute Gasteiger partial charge is 0.257 e. The first-order chi connectivity index (χ1) is 9.88. The molecule has 116 valence electrons. The highest BCUT2D eigenvalue weighted by molar-refractivity contribution is 5.95. The van der Waals surface area contributed by atoms with Crippen molar-refractivity contribution in [3.63, 3.8) is 0 Å². The summed E-state index contributed by atoms with van der Waals surface area (Å²) in [6, 6.07) is 1.64. The first-order valence-electron chi connectivity index (χ1n) is 7.28. The van der Waals surface area contributed by atoms with E-state index in [1.54, 1.807) is 22.8 Å². The standard InChI is InChI=1S/C15H23N3O3/c1-10(16)8-14(19)17-4-6-18(7-5-17)15(20)13-9-11(2)21-12(13)3/h9-10H,4-8,16H2,1-3H3. The number of nitrogens with two attached hydrogens (primary N) is 1. The summed E-state index contributed by atoms with van der Waals surface area (Å²) in [6.07, 6.45) is 0.355. The summed E-state index contributed by atoms with van der Waals surface area (Å²) in [5.41, 5.74) is 6.26. The van der Waals surface area contributed by atoms with Crippen molar-refractivity contribution in [2.24, 2.45) is 5.73 Å². The molecule has 21 heavy (non-hydrogen) atoms. The number of amides is 2. The highest BCUT2D eigenvalue weighted by Crippen LogP contribution is 2.17. The molecule has 1 aromatic rings. The normalized spacial score (nSPS) is 17.0. The number of furan rings is 1. The van der Waals surface area contributed by atoms with E-state index in [0.717, 1.165) is 5.76 Å². The zero-order chi connectivity index (χ0) is 15.6. The van der Waals surface area contributed by atoms with E-state index in [4.69, 9.17) is 10.2 Å². The van der Waals surface area contributed by atoms with Gasteiger partial charge in [-0.15, -0.1) is 0 Å². The maximum atomic E-state index is 12.4. The molecule has 2 heterocycles. The highest BCUT2D eigenvalue weighted by atomic mass is 16.3. The second-order valence-electron chi connectivity index (χ2n) is 5.68.